The summed E-state index contributed by atoms with van der Waals surface area (Å²) in [5, 5.41) is 4.20. The maximum absolute atomic E-state index is 4.20. The summed E-state index contributed by atoms with van der Waals surface area (Å²) in [6.45, 7) is 0. The number of nitrogens with one attached hydrogen (secondary N) is 1. The molecule has 0 aromatic heterocycles. The molecule has 1 aromatic carbocycles. The van der Waals surface area contributed by atoms with Crippen LogP contribution in [-0.2, 0) is 12.0 Å². The lowest BCUT2D eigenvalue weighted by Gasteiger charge is -2.45. The van der Waals surface area contributed by atoms with Crippen molar-refractivity contribution in [1.82, 2.24) is 5.32 Å². The van der Waals surface area contributed by atoms with Crippen LogP contribution in [0.5, 0.6) is 0 Å². The average Bonchev–Trinajstić information content (AvgIpc) is 3.26. The van der Waals surface area contributed by atoms with Crippen LogP contribution >= 0.6 is 0 Å². The van der Waals surface area contributed by atoms with Crippen LogP contribution < -0.4 is 5.32 Å². The Morgan fingerprint density at radius 2 is 2.00 bits per heavy atom. The van der Waals surface area contributed by atoms with Gasteiger partial charge in [-0.25, -0.2) is 0 Å². The molecular weight excluding hydrogens is 242 g/mol. The van der Waals surface area contributed by atoms with Crippen LogP contribution in [0, 0.1) is 17.8 Å². The first kappa shape index (κ1) is 11.8. The number of rotatable bonds is 2. The summed E-state index contributed by atoms with van der Waals surface area (Å²) >= 11 is 0. The summed E-state index contributed by atoms with van der Waals surface area (Å²) in [5.74, 6) is 2.90. The van der Waals surface area contributed by atoms with Crippen LogP contribution in [0.15, 0.2) is 24.3 Å². The lowest BCUT2D eigenvalue weighted by atomic mass is 9.61. The molecule has 4 atom stereocenters. The molecule has 1 saturated heterocycles. The first-order chi connectivity index (χ1) is 9.87. The molecule has 0 spiro atoms. The quantitative estimate of drug-likeness (QED) is 0.853. The summed E-state index contributed by atoms with van der Waals surface area (Å²) in [6, 6.07) is 10.1. The number of benzene rings is 1. The molecule has 1 heterocycles. The normalized spacial score (nSPS) is 42.1. The zero-order valence-corrected chi connectivity index (χ0v) is 12.3. The molecule has 20 heavy (non-hydrogen) atoms. The predicted octanol–water partition coefficient (Wildman–Crippen LogP) is 4.02. The molecule has 0 amide bonds. The molecule has 1 N–H and O–H groups in total. The minimum absolute atomic E-state index is 0.358. The van der Waals surface area contributed by atoms with Gasteiger partial charge in [0.1, 0.15) is 0 Å². The van der Waals surface area contributed by atoms with Gasteiger partial charge in [0.2, 0.25) is 0 Å². The van der Waals surface area contributed by atoms with Crippen molar-refractivity contribution in [2.75, 3.05) is 0 Å². The standard InChI is InChI=1S/C19H25N/c1-2-6-16-14(5-1)12-15-17-7-3-4-10-19(16,17)20-18(15)11-13-8-9-13/h1-2,5-6,13,15,17-18,20H,3-4,7-12H2/t15-,17-,18?,19+/m0/s1. The second-order valence-electron chi connectivity index (χ2n) is 7.78. The molecule has 1 heteroatoms. The third-order valence-corrected chi connectivity index (χ3v) is 6.68. The van der Waals surface area contributed by atoms with Gasteiger partial charge >= 0.3 is 0 Å². The van der Waals surface area contributed by atoms with Gasteiger partial charge in [0.25, 0.3) is 0 Å². The van der Waals surface area contributed by atoms with Gasteiger partial charge in [0.05, 0.1) is 0 Å². The zero-order chi connectivity index (χ0) is 13.2. The lowest BCUT2D eigenvalue weighted by molar-refractivity contribution is 0.153. The Morgan fingerprint density at radius 3 is 2.90 bits per heavy atom. The van der Waals surface area contributed by atoms with Crippen molar-refractivity contribution in [3.8, 4) is 0 Å². The smallest absolute Gasteiger partial charge is 0.0471 e. The molecule has 2 saturated carbocycles. The van der Waals surface area contributed by atoms with Crippen LogP contribution in [0.2, 0.25) is 0 Å². The highest BCUT2D eigenvalue weighted by Crippen LogP contribution is 2.57. The molecule has 1 aliphatic heterocycles. The minimum atomic E-state index is 0.358. The van der Waals surface area contributed by atoms with Crippen LogP contribution in [0.1, 0.15) is 56.1 Å². The molecule has 2 bridgehead atoms. The fourth-order valence-electron chi connectivity index (χ4n) is 5.71. The maximum atomic E-state index is 4.20. The molecular formula is C19H25N. The maximum Gasteiger partial charge on any atom is 0.0471 e. The van der Waals surface area contributed by atoms with Gasteiger partial charge in [0.15, 0.2) is 0 Å². The summed E-state index contributed by atoms with van der Waals surface area (Å²) in [7, 11) is 0. The van der Waals surface area contributed by atoms with Gasteiger partial charge in [-0.05, 0) is 54.6 Å². The van der Waals surface area contributed by atoms with Gasteiger partial charge in [-0.1, -0.05) is 49.9 Å². The Labute approximate surface area is 122 Å². The average molecular weight is 267 g/mol. The summed E-state index contributed by atoms with van der Waals surface area (Å²) in [5.41, 5.74) is 3.68. The molecule has 1 unspecified atom stereocenters. The van der Waals surface area contributed by atoms with Crippen molar-refractivity contribution in [1.29, 1.82) is 0 Å². The minimum Gasteiger partial charge on any atom is -0.304 e. The van der Waals surface area contributed by atoms with E-state index in [4.69, 9.17) is 0 Å². The van der Waals surface area contributed by atoms with E-state index in [0.29, 0.717) is 5.54 Å². The van der Waals surface area contributed by atoms with Crippen LogP contribution in [0.25, 0.3) is 0 Å². The van der Waals surface area contributed by atoms with E-state index in [1.165, 1.54) is 51.4 Å². The highest BCUT2D eigenvalue weighted by Gasteiger charge is 2.57. The number of hydrogen-bond acceptors (Lipinski definition) is 1. The van der Waals surface area contributed by atoms with Gasteiger partial charge < -0.3 is 5.32 Å². The van der Waals surface area contributed by atoms with Gasteiger partial charge in [0, 0.05) is 11.6 Å². The van der Waals surface area contributed by atoms with Crippen molar-refractivity contribution in [2.24, 2.45) is 17.8 Å². The lowest BCUT2D eigenvalue weighted by Crippen LogP contribution is -2.47. The second kappa shape index (κ2) is 4.10. The van der Waals surface area contributed by atoms with Crippen molar-refractivity contribution in [2.45, 2.75) is 62.9 Å². The van der Waals surface area contributed by atoms with Crippen molar-refractivity contribution in [3.63, 3.8) is 0 Å². The number of hydrogen-bond donors (Lipinski definition) is 1. The van der Waals surface area contributed by atoms with Crippen LogP contribution in [-0.4, -0.2) is 6.04 Å². The van der Waals surface area contributed by atoms with Crippen LogP contribution in [0.3, 0.4) is 0 Å². The Morgan fingerprint density at radius 1 is 1.10 bits per heavy atom. The number of fused-ring (bicyclic) bond motifs is 1. The molecule has 4 aliphatic rings. The van der Waals surface area contributed by atoms with Crippen LogP contribution in [0.4, 0.5) is 0 Å². The first-order valence-electron chi connectivity index (χ1n) is 8.73. The van der Waals surface area contributed by atoms with E-state index in [9.17, 15) is 0 Å². The monoisotopic (exact) mass is 267 g/mol. The van der Waals surface area contributed by atoms with E-state index in [1.807, 2.05) is 0 Å². The van der Waals surface area contributed by atoms with Crippen molar-refractivity contribution >= 4 is 0 Å². The Hall–Kier alpha value is -0.820. The van der Waals surface area contributed by atoms with E-state index >= 15 is 0 Å². The molecule has 0 radical (unpaired) electrons. The molecule has 3 fully saturated rings. The molecule has 106 valence electrons. The van der Waals surface area contributed by atoms with E-state index in [-0.39, 0.29) is 0 Å². The summed E-state index contributed by atoms with van der Waals surface area (Å²) in [4.78, 5) is 0. The fraction of sp³-hybridized carbons (Fsp3) is 0.684. The predicted molar refractivity (Wildman–Crippen MR) is 81.5 cm³/mol. The first-order valence-corrected chi connectivity index (χ1v) is 8.73. The third kappa shape index (κ3) is 1.53. The Kier molecular flexibility index (Phi) is 2.42. The van der Waals surface area contributed by atoms with Gasteiger partial charge in [-0.2, -0.15) is 0 Å². The molecule has 1 nitrogen and oxygen atoms in total. The SMILES string of the molecule is c1ccc2c(c1)C[C@@H]1C(CC3CC3)N[C@]23CCCC[C@@H]13. The van der Waals surface area contributed by atoms with Crippen molar-refractivity contribution in [3.05, 3.63) is 35.4 Å². The Bertz CT molecular complexity index is 532. The topological polar surface area (TPSA) is 12.0 Å². The van der Waals surface area contributed by atoms with E-state index < -0.39 is 0 Å². The molecule has 3 aliphatic carbocycles. The third-order valence-electron chi connectivity index (χ3n) is 6.68. The molecule has 5 rings (SSSR count). The molecule has 1 aromatic rings. The van der Waals surface area contributed by atoms with E-state index in [1.54, 1.807) is 11.1 Å². The van der Waals surface area contributed by atoms with Gasteiger partial charge in [-0.15, -0.1) is 0 Å². The van der Waals surface area contributed by atoms with E-state index in [2.05, 4.69) is 29.6 Å². The largest absolute Gasteiger partial charge is 0.304 e. The fourth-order valence-corrected chi connectivity index (χ4v) is 5.71. The van der Waals surface area contributed by atoms with E-state index in [0.717, 1.165) is 23.8 Å². The van der Waals surface area contributed by atoms with Gasteiger partial charge in [-0.3, -0.25) is 0 Å². The highest BCUT2D eigenvalue weighted by atomic mass is 15.1. The zero-order valence-electron chi connectivity index (χ0n) is 12.3. The Balaban J connectivity index is 1.59. The van der Waals surface area contributed by atoms with Crippen molar-refractivity contribution < 1.29 is 0 Å². The second-order valence-corrected chi connectivity index (χ2v) is 7.78. The summed E-state index contributed by atoms with van der Waals surface area (Å²) < 4.78 is 0. The highest BCUT2D eigenvalue weighted by molar-refractivity contribution is 5.41. The summed E-state index contributed by atoms with van der Waals surface area (Å²) in [6.07, 6.45) is 11.5.